The van der Waals surface area contributed by atoms with Crippen LogP contribution in [0.1, 0.15) is 11.1 Å². The van der Waals surface area contributed by atoms with Crippen LogP contribution >= 0.6 is 0 Å². The van der Waals surface area contributed by atoms with Crippen molar-refractivity contribution >= 4 is 23.3 Å². The van der Waals surface area contributed by atoms with E-state index in [9.17, 15) is 9.59 Å². The molecule has 23 heavy (non-hydrogen) atoms. The maximum Gasteiger partial charge on any atom is 0.322 e. The minimum absolute atomic E-state index is 0.0223. The minimum Gasteiger partial charge on any atom is -0.325 e. The monoisotopic (exact) mass is 311 g/mol. The van der Waals surface area contributed by atoms with Gasteiger partial charge in [0.2, 0.25) is 5.91 Å². The predicted octanol–water partition coefficient (Wildman–Crippen LogP) is 3.41. The normalized spacial score (nSPS) is 10.0. The van der Waals surface area contributed by atoms with Gasteiger partial charge in [0.15, 0.2) is 0 Å². The number of anilines is 2. The van der Waals surface area contributed by atoms with Gasteiger partial charge in [-0.2, -0.15) is 0 Å². The Bertz CT molecular complexity index is 678. The van der Waals surface area contributed by atoms with Gasteiger partial charge in [0.25, 0.3) is 0 Å². The Morgan fingerprint density at radius 3 is 1.74 bits per heavy atom. The van der Waals surface area contributed by atoms with Crippen LogP contribution in [0.15, 0.2) is 48.5 Å². The molecule has 0 radical (unpaired) electrons. The maximum absolute atomic E-state index is 12.1. The Labute approximate surface area is 136 Å². The smallest absolute Gasteiger partial charge is 0.322 e. The maximum atomic E-state index is 12.1. The highest BCUT2D eigenvalue weighted by Crippen LogP contribution is 2.10. The van der Waals surface area contributed by atoms with Crippen molar-refractivity contribution < 1.29 is 9.59 Å². The zero-order chi connectivity index (χ0) is 16.8. The lowest BCUT2D eigenvalue weighted by molar-refractivity contribution is -0.116. The van der Waals surface area contributed by atoms with Gasteiger partial charge in [-0.05, 0) is 38.1 Å². The topological polar surface area (TPSA) is 61.4 Å². The van der Waals surface area contributed by atoms with Gasteiger partial charge in [-0.1, -0.05) is 35.4 Å². The summed E-state index contributed by atoms with van der Waals surface area (Å²) >= 11 is 0. The third-order valence-electron chi connectivity index (χ3n) is 3.37. The molecule has 5 nitrogen and oxygen atoms in total. The van der Waals surface area contributed by atoms with Crippen LogP contribution in [-0.2, 0) is 4.79 Å². The van der Waals surface area contributed by atoms with Crippen molar-refractivity contribution in [3.63, 3.8) is 0 Å². The lowest BCUT2D eigenvalue weighted by atomic mass is 10.2. The Balaban J connectivity index is 1.86. The summed E-state index contributed by atoms with van der Waals surface area (Å²) in [4.78, 5) is 25.4. The number of carbonyl (C=O) groups is 2. The van der Waals surface area contributed by atoms with Gasteiger partial charge < -0.3 is 15.5 Å². The van der Waals surface area contributed by atoms with Crippen LogP contribution in [0.4, 0.5) is 16.2 Å². The molecule has 0 heterocycles. The van der Waals surface area contributed by atoms with Crippen molar-refractivity contribution in [3.05, 3.63) is 59.7 Å². The van der Waals surface area contributed by atoms with Crippen LogP contribution in [0.5, 0.6) is 0 Å². The number of amides is 3. The predicted molar refractivity (Wildman–Crippen MR) is 92.6 cm³/mol. The molecule has 120 valence electrons. The summed E-state index contributed by atoms with van der Waals surface area (Å²) < 4.78 is 0. The molecule has 0 aromatic heterocycles. The highest BCUT2D eigenvalue weighted by Gasteiger charge is 2.13. The van der Waals surface area contributed by atoms with Crippen LogP contribution in [0.2, 0.25) is 0 Å². The molecule has 0 aliphatic carbocycles. The molecule has 2 N–H and O–H groups in total. The third kappa shape index (κ3) is 5.14. The number of nitrogens with one attached hydrogen (secondary N) is 2. The number of benzene rings is 2. The van der Waals surface area contributed by atoms with E-state index < -0.39 is 0 Å². The summed E-state index contributed by atoms with van der Waals surface area (Å²) in [5, 5.41) is 5.52. The Hall–Kier alpha value is -2.82. The average Bonchev–Trinajstić information content (AvgIpc) is 2.51. The van der Waals surface area contributed by atoms with Gasteiger partial charge in [0.05, 0.1) is 0 Å². The number of carbonyl (C=O) groups excluding carboxylic acids is 2. The molecule has 0 saturated heterocycles. The molecule has 2 aromatic rings. The summed E-state index contributed by atoms with van der Waals surface area (Å²) in [6, 6.07) is 14.7. The van der Waals surface area contributed by atoms with Crippen molar-refractivity contribution in [2.24, 2.45) is 0 Å². The first-order valence-electron chi connectivity index (χ1n) is 7.39. The van der Waals surface area contributed by atoms with Crippen molar-refractivity contribution in [3.8, 4) is 0 Å². The fourth-order valence-electron chi connectivity index (χ4n) is 1.98. The van der Waals surface area contributed by atoms with E-state index in [-0.39, 0.29) is 18.5 Å². The lowest BCUT2D eigenvalue weighted by Gasteiger charge is -2.17. The van der Waals surface area contributed by atoms with Gasteiger partial charge in [-0.25, -0.2) is 4.79 Å². The van der Waals surface area contributed by atoms with Crippen molar-refractivity contribution in [2.75, 3.05) is 24.2 Å². The molecule has 0 saturated carbocycles. The number of aryl methyl sites for hydroxylation is 2. The van der Waals surface area contributed by atoms with Crippen LogP contribution in [0.25, 0.3) is 0 Å². The van der Waals surface area contributed by atoms with E-state index in [0.29, 0.717) is 11.4 Å². The second-order valence-corrected chi connectivity index (χ2v) is 5.57. The molecule has 0 spiro atoms. The number of urea groups is 1. The summed E-state index contributed by atoms with van der Waals surface area (Å²) in [5.41, 5.74) is 3.66. The highest BCUT2D eigenvalue weighted by molar-refractivity contribution is 5.96. The second kappa shape index (κ2) is 7.45. The Kier molecular flexibility index (Phi) is 5.36. The van der Waals surface area contributed by atoms with E-state index in [2.05, 4.69) is 10.6 Å². The zero-order valence-electron chi connectivity index (χ0n) is 13.6. The first-order chi connectivity index (χ1) is 10.9. The Morgan fingerprint density at radius 1 is 0.826 bits per heavy atom. The molecule has 5 heteroatoms. The third-order valence-corrected chi connectivity index (χ3v) is 3.37. The molecule has 0 atom stereocenters. The number of rotatable bonds is 4. The van der Waals surface area contributed by atoms with E-state index in [0.717, 1.165) is 11.1 Å². The number of nitrogens with zero attached hydrogens (tertiary/aromatic N) is 1. The van der Waals surface area contributed by atoms with Crippen LogP contribution in [0, 0.1) is 13.8 Å². The Morgan fingerprint density at radius 2 is 1.26 bits per heavy atom. The summed E-state index contributed by atoms with van der Waals surface area (Å²) in [6.45, 7) is 3.94. The van der Waals surface area contributed by atoms with E-state index in [1.807, 2.05) is 62.4 Å². The molecule has 0 aliphatic heterocycles. The summed E-state index contributed by atoms with van der Waals surface area (Å²) in [5.74, 6) is -0.240. The zero-order valence-corrected chi connectivity index (χ0v) is 13.6. The van der Waals surface area contributed by atoms with Crippen molar-refractivity contribution in [1.82, 2.24) is 4.90 Å². The molecule has 3 amide bonds. The van der Waals surface area contributed by atoms with Crippen LogP contribution < -0.4 is 10.6 Å². The fourth-order valence-corrected chi connectivity index (χ4v) is 1.98. The molecule has 0 unspecified atom stereocenters. The minimum atomic E-state index is -0.326. The van der Waals surface area contributed by atoms with Gasteiger partial charge in [0.1, 0.15) is 6.54 Å². The van der Waals surface area contributed by atoms with Gasteiger partial charge in [-0.15, -0.1) is 0 Å². The standard InChI is InChI=1S/C18H21N3O2/c1-13-4-8-15(9-5-13)19-17(22)12-21(3)18(23)20-16-10-6-14(2)7-11-16/h4-11H,12H2,1-3H3,(H,19,22)(H,20,23). The lowest BCUT2D eigenvalue weighted by Crippen LogP contribution is -2.37. The highest BCUT2D eigenvalue weighted by atomic mass is 16.2. The largest absolute Gasteiger partial charge is 0.325 e. The van der Waals surface area contributed by atoms with E-state index in [1.165, 1.54) is 4.90 Å². The second-order valence-electron chi connectivity index (χ2n) is 5.57. The van der Waals surface area contributed by atoms with E-state index in [4.69, 9.17) is 0 Å². The summed E-state index contributed by atoms with van der Waals surface area (Å²) in [6.07, 6.45) is 0. The van der Waals surface area contributed by atoms with Crippen LogP contribution in [0.3, 0.4) is 0 Å². The van der Waals surface area contributed by atoms with Crippen molar-refractivity contribution in [2.45, 2.75) is 13.8 Å². The SMILES string of the molecule is Cc1ccc(NC(=O)CN(C)C(=O)Nc2ccc(C)cc2)cc1. The first kappa shape index (κ1) is 16.5. The molecule has 2 aromatic carbocycles. The molecule has 2 rings (SSSR count). The van der Waals surface area contributed by atoms with E-state index in [1.54, 1.807) is 7.05 Å². The molecular formula is C18H21N3O2. The molecule has 0 bridgehead atoms. The number of likely N-dealkylation sites (N-methyl/N-ethyl adjacent to an activating group) is 1. The van der Waals surface area contributed by atoms with Crippen LogP contribution in [-0.4, -0.2) is 30.4 Å². The molecular weight excluding hydrogens is 290 g/mol. The van der Waals surface area contributed by atoms with Gasteiger partial charge >= 0.3 is 6.03 Å². The summed E-state index contributed by atoms with van der Waals surface area (Å²) in [7, 11) is 1.58. The van der Waals surface area contributed by atoms with Gasteiger partial charge in [-0.3, -0.25) is 4.79 Å². The fraction of sp³-hybridized carbons (Fsp3) is 0.222. The van der Waals surface area contributed by atoms with Gasteiger partial charge in [0, 0.05) is 18.4 Å². The van der Waals surface area contributed by atoms with Crippen molar-refractivity contribution in [1.29, 1.82) is 0 Å². The number of hydrogen-bond donors (Lipinski definition) is 2. The quantitative estimate of drug-likeness (QED) is 0.909. The molecule has 0 fully saturated rings. The average molecular weight is 311 g/mol. The first-order valence-corrected chi connectivity index (χ1v) is 7.39. The van der Waals surface area contributed by atoms with E-state index >= 15 is 0 Å². The number of hydrogen-bond acceptors (Lipinski definition) is 2. The molecule has 0 aliphatic rings.